The number of unbranched alkanes of at least 4 members (excludes halogenated alkanes) is 9. The Bertz CT molecular complexity index is 560. The summed E-state index contributed by atoms with van der Waals surface area (Å²) in [6, 6.07) is 18.4. The topological polar surface area (TPSA) is 0 Å². The summed E-state index contributed by atoms with van der Waals surface area (Å²) in [6.07, 6.45) is 15.3. The van der Waals surface area contributed by atoms with E-state index in [1.165, 1.54) is 92.9 Å². The summed E-state index contributed by atoms with van der Waals surface area (Å²) in [7, 11) is 0. The molecule has 2 aromatic rings. The first-order chi connectivity index (χ1) is 13.2. The molecule has 0 radical (unpaired) electrons. The van der Waals surface area contributed by atoms with Crippen LogP contribution in [0.1, 0.15) is 106 Å². The molecule has 0 aromatic heterocycles. The molecule has 2 rings (SSSR count). The molecule has 0 amide bonds. The summed E-state index contributed by atoms with van der Waals surface area (Å²) in [5, 5.41) is 0. The Morgan fingerprint density at radius 3 is 1.30 bits per heavy atom. The maximum absolute atomic E-state index is 2.33. The van der Waals surface area contributed by atoms with E-state index in [-0.39, 0.29) is 0 Å². The smallest absolute Gasteiger partial charge is 0.00893 e. The van der Waals surface area contributed by atoms with Crippen LogP contribution in [0.3, 0.4) is 0 Å². The van der Waals surface area contributed by atoms with E-state index in [0.717, 1.165) is 0 Å². The Morgan fingerprint density at radius 1 is 0.519 bits per heavy atom. The fourth-order valence-electron chi connectivity index (χ4n) is 3.96. The zero-order chi connectivity index (χ0) is 19.3. The van der Waals surface area contributed by atoms with Crippen LogP contribution >= 0.6 is 0 Å². The highest BCUT2D eigenvalue weighted by atomic mass is 14.2. The molecular formula is C27H40. The molecule has 0 nitrogen and oxygen atoms in total. The predicted molar refractivity (Wildman–Crippen MR) is 121 cm³/mol. The summed E-state index contributed by atoms with van der Waals surface area (Å²) in [6.45, 7) is 6.64. The van der Waals surface area contributed by atoms with Crippen molar-refractivity contribution in [1.29, 1.82) is 0 Å². The molecule has 0 unspecified atom stereocenters. The molecule has 27 heavy (non-hydrogen) atoms. The molecule has 148 valence electrons. The monoisotopic (exact) mass is 364 g/mol. The van der Waals surface area contributed by atoms with Gasteiger partial charge in [0.25, 0.3) is 0 Å². The van der Waals surface area contributed by atoms with E-state index in [1.807, 2.05) is 0 Å². The first-order valence-electron chi connectivity index (χ1n) is 11.3. The third kappa shape index (κ3) is 8.33. The minimum absolute atomic E-state index is 0.542. The first-order valence-corrected chi connectivity index (χ1v) is 11.3. The van der Waals surface area contributed by atoms with E-state index >= 15 is 0 Å². The Balaban J connectivity index is 1.78. The minimum Gasteiger partial charge on any atom is -0.0654 e. The molecule has 0 spiro atoms. The summed E-state index contributed by atoms with van der Waals surface area (Å²) in [4.78, 5) is 0. The maximum atomic E-state index is 2.33. The lowest BCUT2D eigenvalue weighted by atomic mass is 9.86. The van der Waals surface area contributed by atoms with Crippen LogP contribution in [0.5, 0.6) is 0 Å². The number of rotatable bonds is 13. The van der Waals surface area contributed by atoms with Crippen molar-refractivity contribution in [3.8, 4) is 0 Å². The van der Waals surface area contributed by atoms with Gasteiger partial charge < -0.3 is 0 Å². The van der Waals surface area contributed by atoms with E-state index in [1.54, 1.807) is 0 Å². The molecule has 0 fully saturated rings. The van der Waals surface area contributed by atoms with E-state index < -0.39 is 0 Å². The van der Waals surface area contributed by atoms with E-state index in [2.05, 4.69) is 69.3 Å². The quantitative estimate of drug-likeness (QED) is 0.312. The van der Waals surface area contributed by atoms with Crippen LogP contribution in [0.25, 0.3) is 0 Å². The highest BCUT2D eigenvalue weighted by Crippen LogP contribution is 2.30. The third-order valence-electron chi connectivity index (χ3n) is 5.81. The van der Waals surface area contributed by atoms with Gasteiger partial charge in [-0.05, 0) is 31.4 Å². The lowest BCUT2D eigenvalue weighted by Crippen LogP contribution is -2.02. The van der Waals surface area contributed by atoms with Gasteiger partial charge in [-0.3, -0.25) is 0 Å². The Hall–Kier alpha value is -1.56. The second-order valence-electron chi connectivity index (χ2n) is 8.34. The standard InChI is InChI=1S/C27H40/c1-4-5-6-7-8-9-10-11-12-13-14-27(25-19-15-23(2)16-20-25)26-21-17-24(3)18-22-26/h15-22,27H,4-14H2,1-3H3. The maximum Gasteiger partial charge on any atom is 0.00893 e. The van der Waals surface area contributed by atoms with E-state index in [9.17, 15) is 0 Å². The molecule has 0 aliphatic rings. The van der Waals surface area contributed by atoms with Crippen molar-refractivity contribution in [2.24, 2.45) is 0 Å². The highest BCUT2D eigenvalue weighted by molar-refractivity contribution is 5.35. The van der Waals surface area contributed by atoms with Gasteiger partial charge in [0.05, 0.1) is 0 Å². The first kappa shape index (κ1) is 21.7. The molecule has 0 N–H and O–H groups in total. The van der Waals surface area contributed by atoms with Crippen molar-refractivity contribution in [1.82, 2.24) is 0 Å². The van der Waals surface area contributed by atoms with Crippen molar-refractivity contribution < 1.29 is 0 Å². The summed E-state index contributed by atoms with van der Waals surface area (Å²) in [5.74, 6) is 0.542. The Labute approximate surface area is 168 Å². The van der Waals surface area contributed by atoms with Crippen molar-refractivity contribution in [2.45, 2.75) is 97.3 Å². The van der Waals surface area contributed by atoms with Crippen molar-refractivity contribution >= 4 is 0 Å². The Morgan fingerprint density at radius 2 is 0.889 bits per heavy atom. The molecule has 0 aliphatic heterocycles. The van der Waals surface area contributed by atoms with Crippen LogP contribution in [0.2, 0.25) is 0 Å². The number of aryl methyl sites for hydroxylation is 2. The highest BCUT2D eigenvalue weighted by Gasteiger charge is 2.13. The average molecular weight is 365 g/mol. The summed E-state index contributed by atoms with van der Waals surface area (Å²) < 4.78 is 0. The van der Waals surface area contributed by atoms with Gasteiger partial charge in [-0.1, -0.05) is 131 Å². The molecule has 0 aliphatic carbocycles. The van der Waals surface area contributed by atoms with Crippen LogP contribution < -0.4 is 0 Å². The minimum atomic E-state index is 0.542. The SMILES string of the molecule is CCCCCCCCCCCCC(c1ccc(C)cc1)c1ccc(C)cc1. The van der Waals surface area contributed by atoms with Crippen molar-refractivity contribution in [3.63, 3.8) is 0 Å². The van der Waals surface area contributed by atoms with Gasteiger partial charge >= 0.3 is 0 Å². The Kier molecular flexibility index (Phi) is 10.3. The summed E-state index contributed by atoms with van der Waals surface area (Å²) >= 11 is 0. The van der Waals surface area contributed by atoms with Gasteiger partial charge in [0.2, 0.25) is 0 Å². The lowest BCUT2D eigenvalue weighted by Gasteiger charge is -2.19. The molecular weight excluding hydrogens is 324 g/mol. The largest absolute Gasteiger partial charge is 0.0654 e. The van der Waals surface area contributed by atoms with E-state index in [0.29, 0.717) is 5.92 Å². The lowest BCUT2D eigenvalue weighted by molar-refractivity contribution is 0.540. The number of hydrogen-bond acceptors (Lipinski definition) is 0. The predicted octanol–water partition coefficient (Wildman–Crippen LogP) is 8.75. The second-order valence-corrected chi connectivity index (χ2v) is 8.34. The zero-order valence-electron chi connectivity index (χ0n) is 18.0. The van der Waals surface area contributed by atoms with Gasteiger partial charge in [0, 0.05) is 5.92 Å². The second kappa shape index (κ2) is 12.8. The number of benzene rings is 2. The van der Waals surface area contributed by atoms with Gasteiger partial charge in [0.15, 0.2) is 0 Å². The molecule has 0 heteroatoms. The molecule has 0 saturated carbocycles. The molecule has 0 bridgehead atoms. The average Bonchev–Trinajstić information content (AvgIpc) is 2.68. The fourth-order valence-corrected chi connectivity index (χ4v) is 3.96. The molecule has 0 heterocycles. The summed E-state index contributed by atoms with van der Waals surface area (Å²) in [5.41, 5.74) is 5.64. The van der Waals surface area contributed by atoms with Crippen LogP contribution in [-0.2, 0) is 0 Å². The van der Waals surface area contributed by atoms with Gasteiger partial charge in [-0.15, -0.1) is 0 Å². The van der Waals surface area contributed by atoms with Crippen molar-refractivity contribution in [2.75, 3.05) is 0 Å². The van der Waals surface area contributed by atoms with Crippen LogP contribution in [0.4, 0.5) is 0 Å². The zero-order valence-corrected chi connectivity index (χ0v) is 18.0. The van der Waals surface area contributed by atoms with E-state index in [4.69, 9.17) is 0 Å². The van der Waals surface area contributed by atoms with Crippen molar-refractivity contribution in [3.05, 3.63) is 70.8 Å². The molecule has 0 atom stereocenters. The van der Waals surface area contributed by atoms with Gasteiger partial charge in [0.1, 0.15) is 0 Å². The fraction of sp³-hybridized carbons (Fsp3) is 0.556. The van der Waals surface area contributed by atoms with Gasteiger partial charge in [-0.2, -0.15) is 0 Å². The van der Waals surface area contributed by atoms with Gasteiger partial charge in [-0.25, -0.2) is 0 Å². The van der Waals surface area contributed by atoms with Crippen LogP contribution in [0, 0.1) is 13.8 Å². The van der Waals surface area contributed by atoms with Crippen LogP contribution in [0.15, 0.2) is 48.5 Å². The third-order valence-corrected chi connectivity index (χ3v) is 5.81. The molecule has 2 aromatic carbocycles. The normalized spacial score (nSPS) is 11.3. The number of hydrogen-bond donors (Lipinski definition) is 0. The van der Waals surface area contributed by atoms with Crippen LogP contribution in [-0.4, -0.2) is 0 Å². The molecule has 0 saturated heterocycles.